The van der Waals surface area contributed by atoms with Crippen molar-refractivity contribution in [1.29, 1.82) is 0 Å². The first kappa shape index (κ1) is 13.2. The van der Waals surface area contributed by atoms with Crippen molar-refractivity contribution in [2.45, 2.75) is 32.7 Å². The number of ether oxygens (including phenoxy) is 1. The summed E-state index contributed by atoms with van der Waals surface area (Å²) in [5.74, 6) is -0.171. The number of rotatable bonds is 6. The zero-order valence-electron chi connectivity index (χ0n) is 9.84. The Hall–Kier alpha value is -0.900. The smallest absolute Gasteiger partial charge is 0.0823 e. The molecule has 0 fully saturated rings. The molecule has 3 heteroatoms. The molecule has 0 heterocycles. The first-order valence-electron chi connectivity index (χ1n) is 5.59. The van der Waals surface area contributed by atoms with Crippen LogP contribution in [-0.4, -0.2) is 29.0 Å². The van der Waals surface area contributed by atoms with Gasteiger partial charge < -0.3 is 14.9 Å². The summed E-state index contributed by atoms with van der Waals surface area (Å²) >= 11 is 0. The first-order valence-corrected chi connectivity index (χ1v) is 5.59. The van der Waals surface area contributed by atoms with Gasteiger partial charge in [0.1, 0.15) is 0 Å². The Bertz CT molecular complexity index is 284. The molecule has 0 aromatic heterocycles. The van der Waals surface area contributed by atoms with Gasteiger partial charge in [-0.3, -0.25) is 0 Å². The first-order chi connectivity index (χ1) is 7.61. The van der Waals surface area contributed by atoms with E-state index in [4.69, 9.17) is 4.74 Å². The third-order valence-corrected chi connectivity index (χ3v) is 2.77. The van der Waals surface area contributed by atoms with Crippen LogP contribution in [0.15, 0.2) is 30.3 Å². The minimum atomic E-state index is -0.622. The predicted octanol–water partition coefficient (Wildman–Crippen LogP) is 1.58. The highest BCUT2D eigenvalue weighted by Crippen LogP contribution is 2.09. The maximum absolute atomic E-state index is 9.68. The fourth-order valence-corrected chi connectivity index (χ4v) is 1.35. The molecule has 16 heavy (non-hydrogen) atoms. The Morgan fingerprint density at radius 2 is 1.75 bits per heavy atom. The van der Waals surface area contributed by atoms with E-state index in [9.17, 15) is 10.2 Å². The second-order valence-electron chi connectivity index (χ2n) is 4.17. The van der Waals surface area contributed by atoms with E-state index in [0.717, 1.165) is 5.56 Å². The number of benzene rings is 1. The Balaban J connectivity index is 2.25. The number of aliphatic hydroxyl groups excluding tert-OH is 2. The fraction of sp³-hybridized carbons (Fsp3) is 0.538. The maximum atomic E-state index is 9.68. The van der Waals surface area contributed by atoms with Gasteiger partial charge in [-0.05, 0) is 12.5 Å². The van der Waals surface area contributed by atoms with E-state index in [1.165, 1.54) is 0 Å². The van der Waals surface area contributed by atoms with E-state index < -0.39 is 12.2 Å². The molecule has 0 aliphatic carbocycles. The highest BCUT2D eigenvalue weighted by atomic mass is 16.5. The molecule has 2 N–H and O–H groups in total. The molecule has 0 saturated carbocycles. The van der Waals surface area contributed by atoms with Crippen molar-refractivity contribution >= 4 is 0 Å². The highest BCUT2D eigenvalue weighted by molar-refractivity contribution is 5.13. The minimum Gasteiger partial charge on any atom is -0.393 e. The summed E-state index contributed by atoms with van der Waals surface area (Å²) in [5, 5.41) is 19.0. The maximum Gasteiger partial charge on any atom is 0.0823 e. The Kier molecular flexibility index (Phi) is 5.46. The normalized spacial score (nSPS) is 16.8. The van der Waals surface area contributed by atoms with Crippen molar-refractivity contribution in [3.63, 3.8) is 0 Å². The van der Waals surface area contributed by atoms with E-state index in [-0.39, 0.29) is 12.5 Å². The summed E-state index contributed by atoms with van der Waals surface area (Å²) in [6.07, 6.45) is -1.14. The molecule has 0 amide bonds. The average Bonchev–Trinajstić information content (AvgIpc) is 2.29. The Labute approximate surface area is 96.7 Å². The molecule has 0 bridgehead atoms. The van der Waals surface area contributed by atoms with Crippen LogP contribution in [0, 0.1) is 5.92 Å². The zero-order valence-corrected chi connectivity index (χ0v) is 9.84. The SMILES string of the molecule is C[C@@H]([C@@H](C)O)[C@@H](O)COCc1ccccc1. The van der Waals surface area contributed by atoms with Crippen LogP contribution in [0.2, 0.25) is 0 Å². The number of aliphatic hydroxyl groups is 2. The van der Waals surface area contributed by atoms with Crippen LogP contribution in [0.1, 0.15) is 19.4 Å². The van der Waals surface area contributed by atoms with Gasteiger partial charge in [0.25, 0.3) is 0 Å². The monoisotopic (exact) mass is 224 g/mol. The van der Waals surface area contributed by atoms with Gasteiger partial charge in [0, 0.05) is 5.92 Å². The molecule has 0 aliphatic heterocycles. The van der Waals surface area contributed by atoms with E-state index in [0.29, 0.717) is 6.61 Å². The van der Waals surface area contributed by atoms with E-state index in [1.54, 1.807) is 13.8 Å². The molecule has 1 aromatic carbocycles. The van der Waals surface area contributed by atoms with Crippen LogP contribution >= 0.6 is 0 Å². The molecule has 0 aliphatic rings. The Morgan fingerprint density at radius 3 is 2.31 bits per heavy atom. The van der Waals surface area contributed by atoms with E-state index in [1.807, 2.05) is 30.3 Å². The van der Waals surface area contributed by atoms with Crippen molar-refractivity contribution in [2.75, 3.05) is 6.61 Å². The van der Waals surface area contributed by atoms with Crippen LogP contribution in [0.5, 0.6) is 0 Å². The second-order valence-corrected chi connectivity index (χ2v) is 4.17. The summed E-state index contributed by atoms with van der Waals surface area (Å²) in [7, 11) is 0. The van der Waals surface area contributed by atoms with Gasteiger partial charge in [-0.2, -0.15) is 0 Å². The molecule has 3 nitrogen and oxygen atoms in total. The van der Waals surface area contributed by atoms with Crippen molar-refractivity contribution in [1.82, 2.24) is 0 Å². The van der Waals surface area contributed by atoms with Gasteiger partial charge in [0.15, 0.2) is 0 Å². The van der Waals surface area contributed by atoms with Crippen molar-refractivity contribution in [3.8, 4) is 0 Å². The number of hydrogen-bond acceptors (Lipinski definition) is 3. The molecule has 0 spiro atoms. The largest absolute Gasteiger partial charge is 0.393 e. The molecule has 0 unspecified atom stereocenters. The van der Waals surface area contributed by atoms with Crippen LogP contribution < -0.4 is 0 Å². The highest BCUT2D eigenvalue weighted by Gasteiger charge is 2.18. The predicted molar refractivity (Wildman–Crippen MR) is 62.9 cm³/mol. The quantitative estimate of drug-likeness (QED) is 0.771. The van der Waals surface area contributed by atoms with Gasteiger partial charge in [-0.15, -0.1) is 0 Å². The summed E-state index contributed by atoms with van der Waals surface area (Å²) < 4.78 is 5.39. The van der Waals surface area contributed by atoms with Gasteiger partial charge in [-0.1, -0.05) is 37.3 Å². The van der Waals surface area contributed by atoms with Crippen LogP contribution in [0.4, 0.5) is 0 Å². The second kappa shape index (κ2) is 6.63. The van der Waals surface area contributed by atoms with E-state index in [2.05, 4.69) is 0 Å². The lowest BCUT2D eigenvalue weighted by Crippen LogP contribution is -2.31. The third kappa shape index (κ3) is 4.31. The molecular weight excluding hydrogens is 204 g/mol. The van der Waals surface area contributed by atoms with Crippen LogP contribution in [0.3, 0.4) is 0 Å². The van der Waals surface area contributed by atoms with E-state index >= 15 is 0 Å². The van der Waals surface area contributed by atoms with Crippen LogP contribution in [0.25, 0.3) is 0 Å². The number of hydrogen-bond donors (Lipinski definition) is 2. The van der Waals surface area contributed by atoms with Crippen molar-refractivity contribution in [2.24, 2.45) is 5.92 Å². The topological polar surface area (TPSA) is 49.7 Å². The lowest BCUT2D eigenvalue weighted by Gasteiger charge is -2.21. The zero-order chi connectivity index (χ0) is 12.0. The van der Waals surface area contributed by atoms with Gasteiger partial charge in [0.2, 0.25) is 0 Å². The van der Waals surface area contributed by atoms with Gasteiger partial charge in [0.05, 0.1) is 25.4 Å². The van der Waals surface area contributed by atoms with Gasteiger partial charge in [-0.25, -0.2) is 0 Å². The lowest BCUT2D eigenvalue weighted by molar-refractivity contribution is -0.0307. The molecule has 1 aromatic rings. The summed E-state index contributed by atoms with van der Waals surface area (Å²) in [4.78, 5) is 0. The summed E-state index contributed by atoms with van der Waals surface area (Å²) in [6, 6.07) is 9.81. The molecule has 90 valence electrons. The molecular formula is C13H20O3. The molecule has 3 atom stereocenters. The van der Waals surface area contributed by atoms with Crippen molar-refractivity contribution in [3.05, 3.63) is 35.9 Å². The summed E-state index contributed by atoms with van der Waals surface area (Å²) in [5.41, 5.74) is 1.08. The van der Waals surface area contributed by atoms with Crippen molar-refractivity contribution < 1.29 is 14.9 Å². The minimum absolute atomic E-state index is 0.171. The lowest BCUT2D eigenvalue weighted by atomic mass is 10.0. The Morgan fingerprint density at radius 1 is 1.12 bits per heavy atom. The average molecular weight is 224 g/mol. The molecule has 0 radical (unpaired) electrons. The van der Waals surface area contributed by atoms with Gasteiger partial charge >= 0.3 is 0 Å². The summed E-state index contributed by atoms with van der Waals surface area (Å²) in [6.45, 7) is 4.22. The standard InChI is InChI=1S/C13H20O3/c1-10(11(2)14)13(15)9-16-8-12-6-4-3-5-7-12/h3-7,10-11,13-15H,8-9H2,1-2H3/t10-,11+,13-/m0/s1. The molecule has 0 saturated heterocycles. The van der Waals surface area contributed by atoms with Crippen LogP contribution in [-0.2, 0) is 11.3 Å². The molecule has 1 rings (SSSR count). The third-order valence-electron chi connectivity index (χ3n) is 2.77. The fourth-order valence-electron chi connectivity index (χ4n) is 1.35.